The Hall–Kier alpha value is -3.99. The van der Waals surface area contributed by atoms with E-state index in [0.29, 0.717) is 17.0 Å². The summed E-state index contributed by atoms with van der Waals surface area (Å²) in [6.45, 7) is 2.59. The first-order valence-corrected chi connectivity index (χ1v) is 15.3. The molecule has 1 aromatic heterocycles. The number of nitrogens with one attached hydrogen (secondary N) is 5. The number of amides is 4. The molecule has 0 aliphatic rings. The highest BCUT2D eigenvalue weighted by molar-refractivity contribution is 7.98. The summed E-state index contributed by atoms with van der Waals surface area (Å²) in [5, 5.41) is 39.6. The second-order valence-electron chi connectivity index (χ2n) is 10.3. The fourth-order valence-corrected chi connectivity index (χ4v) is 4.53. The highest BCUT2D eigenvalue weighted by Crippen LogP contribution is 2.08. The zero-order valence-electron chi connectivity index (χ0n) is 24.7. The molecule has 0 radical (unpaired) electrons. The van der Waals surface area contributed by atoms with E-state index in [-0.39, 0.29) is 19.3 Å². The van der Waals surface area contributed by atoms with Gasteiger partial charge in [0.1, 0.15) is 30.2 Å². The monoisotopic (exact) mass is 635 g/mol. The number of imidazole rings is 1. The molecule has 0 bridgehead atoms. The summed E-state index contributed by atoms with van der Waals surface area (Å²) < 4.78 is 0. The van der Waals surface area contributed by atoms with Crippen LogP contribution in [-0.2, 0) is 36.8 Å². The van der Waals surface area contributed by atoms with Crippen molar-refractivity contribution >= 4 is 41.4 Å². The van der Waals surface area contributed by atoms with Gasteiger partial charge in [-0.05, 0) is 37.8 Å². The van der Waals surface area contributed by atoms with Crippen LogP contribution in [0.25, 0.3) is 0 Å². The smallest absolute Gasteiger partial charge is 0.326 e. The number of nitrogens with two attached hydrogens (primary N) is 1. The molecular weight excluding hydrogens is 594 g/mol. The predicted molar refractivity (Wildman–Crippen MR) is 162 cm³/mol. The van der Waals surface area contributed by atoms with E-state index in [0.717, 1.165) is 0 Å². The molecule has 44 heavy (non-hydrogen) atoms. The molecule has 4 amide bonds. The number of thioether (sulfide) groups is 1. The van der Waals surface area contributed by atoms with Crippen molar-refractivity contribution in [2.24, 2.45) is 5.73 Å². The van der Waals surface area contributed by atoms with Crippen molar-refractivity contribution in [3.8, 4) is 0 Å². The summed E-state index contributed by atoms with van der Waals surface area (Å²) in [7, 11) is 0. The van der Waals surface area contributed by atoms with Gasteiger partial charge in [-0.1, -0.05) is 30.3 Å². The van der Waals surface area contributed by atoms with Crippen LogP contribution >= 0.6 is 11.8 Å². The molecule has 1 aromatic carbocycles. The fourth-order valence-electron chi connectivity index (χ4n) is 4.06. The molecule has 0 unspecified atom stereocenters. The summed E-state index contributed by atoms with van der Waals surface area (Å²) in [4.78, 5) is 70.9. The van der Waals surface area contributed by atoms with E-state index >= 15 is 0 Å². The van der Waals surface area contributed by atoms with Crippen molar-refractivity contribution < 1.29 is 39.3 Å². The number of nitrogens with zero attached hydrogens (tertiary/aromatic N) is 1. The van der Waals surface area contributed by atoms with Crippen molar-refractivity contribution in [2.45, 2.75) is 75.5 Å². The average Bonchev–Trinajstić information content (AvgIpc) is 3.50. The van der Waals surface area contributed by atoms with Crippen molar-refractivity contribution in [3.05, 3.63) is 54.1 Å². The Kier molecular flexibility index (Phi) is 14.8. The van der Waals surface area contributed by atoms with Crippen LogP contribution < -0.4 is 27.0 Å². The first-order chi connectivity index (χ1) is 20.8. The molecule has 0 saturated carbocycles. The van der Waals surface area contributed by atoms with Crippen LogP contribution in [0.15, 0.2) is 42.9 Å². The van der Waals surface area contributed by atoms with E-state index in [4.69, 9.17) is 5.73 Å². The number of aliphatic carboxylic acids is 1. The summed E-state index contributed by atoms with van der Waals surface area (Å²) in [5.41, 5.74) is 6.89. The van der Waals surface area contributed by atoms with E-state index < -0.39 is 72.0 Å². The van der Waals surface area contributed by atoms with E-state index in [1.54, 1.807) is 36.6 Å². The SMILES string of the molecule is CSCC[C@H](NC(=O)[C@@H](NC(=O)[C@H](Cc1ccccc1)NC(=O)[C@@H](N)[C@@H](C)O)[C@@H](C)O)C(=O)N[C@@H](Cc1cnc[nH]1)C(=O)O. The number of aromatic amines is 1. The second-order valence-corrected chi connectivity index (χ2v) is 11.3. The van der Waals surface area contributed by atoms with Gasteiger partial charge in [0.15, 0.2) is 0 Å². The minimum absolute atomic E-state index is 0.00472. The van der Waals surface area contributed by atoms with Crippen molar-refractivity contribution in [1.82, 2.24) is 31.2 Å². The van der Waals surface area contributed by atoms with Gasteiger partial charge in [-0.15, -0.1) is 0 Å². The molecule has 16 heteroatoms. The second kappa shape index (κ2) is 18.0. The zero-order chi connectivity index (χ0) is 32.8. The zero-order valence-corrected chi connectivity index (χ0v) is 25.5. The lowest BCUT2D eigenvalue weighted by atomic mass is 10.0. The number of carboxylic acids is 1. The highest BCUT2D eigenvalue weighted by atomic mass is 32.2. The lowest BCUT2D eigenvalue weighted by Crippen LogP contribution is -2.61. The van der Waals surface area contributed by atoms with E-state index in [2.05, 4.69) is 31.2 Å². The van der Waals surface area contributed by atoms with Crippen LogP contribution in [-0.4, -0.2) is 109 Å². The Balaban J connectivity index is 2.21. The number of aliphatic hydroxyl groups is 2. The maximum atomic E-state index is 13.4. The third kappa shape index (κ3) is 11.6. The number of H-pyrrole nitrogens is 1. The third-order valence-corrected chi connectivity index (χ3v) is 7.28. The Bertz CT molecular complexity index is 1230. The molecule has 242 valence electrons. The Morgan fingerprint density at radius 1 is 0.864 bits per heavy atom. The van der Waals surface area contributed by atoms with Gasteiger partial charge in [-0.2, -0.15) is 11.8 Å². The highest BCUT2D eigenvalue weighted by Gasteiger charge is 2.34. The van der Waals surface area contributed by atoms with Gasteiger partial charge < -0.3 is 47.3 Å². The van der Waals surface area contributed by atoms with Gasteiger partial charge in [0, 0.05) is 24.7 Å². The number of hydrogen-bond donors (Lipinski definition) is 9. The molecule has 0 fully saturated rings. The van der Waals surface area contributed by atoms with Gasteiger partial charge in [0.05, 0.1) is 18.5 Å². The molecule has 0 aliphatic carbocycles. The minimum Gasteiger partial charge on any atom is -0.480 e. The predicted octanol–water partition coefficient (Wildman–Crippen LogP) is -1.94. The number of carbonyl (C=O) groups excluding carboxylic acids is 4. The summed E-state index contributed by atoms with van der Waals surface area (Å²) in [5.74, 6) is -4.16. The number of aliphatic hydroxyl groups excluding tert-OH is 2. The van der Waals surface area contributed by atoms with Crippen molar-refractivity contribution in [3.63, 3.8) is 0 Å². The van der Waals surface area contributed by atoms with Gasteiger partial charge in [0.2, 0.25) is 23.6 Å². The van der Waals surface area contributed by atoms with E-state index in [1.165, 1.54) is 38.1 Å². The molecule has 10 N–H and O–H groups in total. The summed E-state index contributed by atoms with van der Waals surface area (Å²) in [6.07, 6.45) is 2.02. The average molecular weight is 636 g/mol. The normalized spacial score (nSPS) is 15.9. The minimum atomic E-state index is -1.55. The summed E-state index contributed by atoms with van der Waals surface area (Å²) in [6, 6.07) is 2.08. The van der Waals surface area contributed by atoms with Crippen molar-refractivity contribution in [1.29, 1.82) is 0 Å². The fraction of sp³-hybridized carbons (Fsp3) is 0.500. The molecule has 15 nitrogen and oxygen atoms in total. The molecule has 0 spiro atoms. The molecule has 1 heterocycles. The molecule has 2 aromatic rings. The first-order valence-electron chi connectivity index (χ1n) is 13.9. The van der Waals surface area contributed by atoms with Crippen LogP contribution in [0, 0.1) is 0 Å². The molecule has 2 rings (SSSR count). The number of benzene rings is 1. The van der Waals surface area contributed by atoms with Crippen LogP contribution in [0.2, 0.25) is 0 Å². The molecule has 7 atom stereocenters. The van der Waals surface area contributed by atoms with Crippen LogP contribution in [0.1, 0.15) is 31.5 Å². The summed E-state index contributed by atoms with van der Waals surface area (Å²) >= 11 is 1.40. The lowest BCUT2D eigenvalue weighted by molar-refractivity contribution is -0.142. The van der Waals surface area contributed by atoms with Gasteiger partial charge in [0.25, 0.3) is 0 Å². The van der Waals surface area contributed by atoms with Crippen molar-refractivity contribution in [2.75, 3.05) is 12.0 Å². The van der Waals surface area contributed by atoms with Crippen LogP contribution in [0.3, 0.4) is 0 Å². The Morgan fingerprint density at radius 3 is 2.02 bits per heavy atom. The topological polar surface area (TPSA) is 249 Å². The van der Waals surface area contributed by atoms with Gasteiger partial charge in [-0.3, -0.25) is 19.2 Å². The Labute approximate surface area is 259 Å². The standard InChI is InChI=1S/C28H41N7O8S/c1-15(36)22(29)26(40)33-20(11-17-7-5-4-6-8-17)25(39)35-23(16(2)37)27(41)32-19(9-10-44-3)24(38)34-21(28(42)43)12-18-13-30-14-31-18/h4-8,13-16,19-23,36-37H,9-12,29H2,1-3H3,(H,30,31)(H,32,41)(H,33,40)(H,34,38)(H,35,39)(H,42,43)/t15-,16-,19+,20+,21+,22+,23+/m1/s1. The van der Waals surface area contributed by atoms with Crippen LogP contribution in [0.4, 0.5) is 0 Å². The van der Waals surface area contributed by atoms with E-state index in [9.17, 15) is 39.3 Å². The van der Waals surface area contributed by atoms with Gasteiger partial charge >= 0.3 is 5.97 Å². The number of carboxylic acid groups (broad SMARTS) is 1. The maximum absolute atomic E-state index is 13.4. The number of aromatic nitrogens is 2. The van der Waals surface area contributed by atoms with Crippen LogP contribution in [0.5, 0.6) is 0 Å². The maximum Gasteiger partial charge on any atom is 0.326 e. The first kappa shape index (κ1) is 36.2. The Morgan fingerprint density at radius 2 is 1.48 bits per heavy atom. The number of carbonyl (C=O) groups is 5. The number of rotatable bonds is 18. The van der Waals surface area contributed by atoms with Gasteiger partial charge in [-0.25, -0.2) is 9.78 Å². The number of hydrogen-bond acceptors (Lipinski definition) is 10. The third-order valence-electron chi connectivity index (χ3n) is 6.64. The quantitative estimate of drug-likeness (QED) is 0.0872. The molecule has 0 aliphatic heterocycles. The van der Waals surface area contributed by atoms with E-state index in [1.807, 2.05) is 0 Å². The largest absolute Gasteiger partial charge is 0.480 e. The molecular formula is C28H41N7O8S. The lowest BCUT2D eigenvalue weighted by Gasteiger charge is -2.28. The molecule has 0 saturated heterocycles.